The second kappa shape index (κ2) is 7.72. The van der Waals surface area contributed by atoms with Crippen molar-refractivity contribution in [2.45, 2.75) is 25.8 Å². The summed E-state index contributed by atoms with van der Waals surface area (Å²) < 4.78 is 13.6. The molecule has 1 aliphatic heterocycles. The van der Waals surface area contributed by atoms with E-state index in [2.05, 4.69) is 34.3 Å². The second-order valence-corrected chi connectivity index (χ2v) is 6.44. The Kier molecular flexibility index (Phi) is 5.00. The van der Waals surface area contributed by atoms with E-state index in [1.165, 1.54) is 0 Å². The number of aromatic nitrogens is 2. The smallest absolute Gasteiger partial charge is 0.135 e. The Bertz CT molecular complexity index is 861. The number of hydrogen-bond donors (Lipinski definition) is 1. The second-order valence-electron chi connectivity index (χ2n) is 6.44. The fraction of sp³-hybridized carbons (Fsp3) is 0.286. The number of nitrogens with one attached hydrogen (secondary N) is 1. The molecule has 1 atom stereocenters. The number of ether oxygens (including phenoxy) is 2. The topological polar surface area (TPSA) is 48.3 Å². The highest BCUT2D eigenvalue weighted by Crippen LogP contribution is 2.22. The van der Waals surface area contributed by atoms with Crippen LogP contribution < -0.4 is 10.1 Å². The minimum Gasteiger partial charge on any atom is -0.496 e. The first-order chi connectivity index (χ1) is 12.8. The summed E-state index contributed by atoms with van der Waals surface area (Å²) in [6.07, 6.45) is 2.26. The van der Waals surface area contributed by atoms with Crippen LogP contribution in [0, 0.1) is 0 Å². The van der Waals surface area contributed by atoms with Gasteiger partial charge in [-0.05, 0) is 6.07 Å². The number of rotatable bonds is 6. The van der Waals surface area contributed by atoms with Crippen molar-refractivity contribution in [1.82, 2.24) is 14.9 Å². The lowest BCUT2D eigenvalue weighted by Gasteiger charge is -2.24. The van der Waals surface area contributed by atoms with Gasteiger partial charge in [-0.15, -0.1) is 0 Å². The molecule has 0 radical (unpaired) electrons. The van der Waals surface area contributed by atoms with Gasteiger partial charge in [-0.2, -0.15) is 0 Å². The van der Waals surface area contributed by atoms with Gasteiger partial charge in [0.05, 0.1) is 25.5 Å². The molecule has 0 fully saturated rings. The molecular formula is C21H23N3O2. The van der Waals surface area contributed by atoms with E-state index in [-0.39, 0.29) is 6.10 Å². The number of imidazole rings is 1. The van der Waals surface area contributed by atoms with Gasteiger partial charge >= 0.3 is 0 Å². The first-order valence-electron chi connectivity index (χ1n) is 8.89. The van der Waals surface area contributed by atoms with E-state index in [9.17, 15) is 0 Å². The SMILES string of the molecule is COc1ccccc1CNC[C@H]1Cn2cc(-c3ccccc3)nc2CO1. The van der Waals surface area contributed by atoms with Gasteiger partial charge in [-0.25, -0.2) is 4.98 Å². The minimum atomic E-state index is 0.134. The molecule has 5 heteroatoms. The summed E-state index contributed by atoms with van der Waals surface area (Å²) >= 11 is 0. The normalized spacial score (nSPS) is 16.3. The molecule has 0 saturated carbocycles. The average Bonchev–Trinajstić information content (AvgIpc) is 3.12. The predicted molar refractivity (Wildman–Crippen MR) is 101 cm³/mol. The van der Waals surface area contributed by atoms with E-state index in [0.29, 0.717) is 6.61 Å². The van der Waals surface area contributed by atoms with Crippen molar-refractivity contribution in [3.63, 3.8) is 0 Å². The molecule has 0 bridgehead atoms. The number of methoxy groups -OCH3 is 1. The zero-order valence-corrected chi connectivity index (χ0v) is 14.9. The largest absolute Gasteiger partial charge is 0.496 e. The van der Waals surface area contributed by atoms with Gasteiger partial charge in [-0.1, -0.05) is 48.5 Å². The van der Waals surface area contributed by atoms with Crippen molar-refractivity contribution < 1.29 is 9.47 Å². The number of para-hydroxylation sites is 1. The predicted octanol–water partition coefficient (Wildman–Crippen LogP) is 3.25. The van der Waals surface area contributed by atoms with Gasteiger partial charge in [0.15, 0.2) is 0 Å². The summed E-state index contributed by atoms with van der Waals surface area (Å²) in [4.78, 5) is 4.71. The van der Waals surface area contributed by atoms with E-state index in [4.69, 9.17) is 14.5 Å². The van der Waals surface area contributed by atoms with Gasteiger partial charge < -0.3 is 19.4 Å². The van der Waals surface area contributed by atoms with E-state index < -0.39 is 0 Å². The van der Waals surface area contributed by atoms with Crippen LogP contribution in [-0.4, -0.2) is 29.3 Å². The van der Waals surface area contributed by atoms with E-state index in [1.807, 2.05) is 36.4 Å². The molecule has 1 N–H and O–H groups in total. The standard InChI is InChI=1S/C21H23N3O2/c1-25-20-10-6-5-9-17(20)11-22-12-18-13-24-14-19(23-21(24)15-26-18)16-7-3-2-4-8-16/h2-10,14,18,22H,11-13,15H2,1H3/t18-/m0/s1. The Hall–Kier alpha value is -2.63. The molecule has 5 nitrogen and oxygen atoms in total. The van der Waals surface area contributed by atoms with Gasteiger partial charge in [0.1, 0.15) is 18.2 Å². The summed E-state index contributed by atoms with van der Waals surface area (Å²) in [5.74, 6) is 1.90. The van der Waals surface area contributed by atoms with Crippen molar-refractivity contribution in [2.75, 3.05) is 13.7 Å². The molecule has 0 amide bonds. The van der Waals surface area contributed by atoms with Crippen molar-refractivity contribution >= 4 is 0 Å². The van der Waals surface area contributed by atoms with Crippen LogP contribution >= 0.6 is 0 Å². The van der Waals surface area contributed by atoms with Crippen LogP contribution in [0.4, 0.5) is 0 Å². The molecular weight excluding hydrogens is 326 g/mol. The highest BCUT2D eigenvalue weighted by atomic mass is 16.5. The quantitative estimate of drug-likeness (QED) is 0.742. The molecule has 0 unspecified atom stereocenters. The number of fused-ring (bicyclic) bond motifs is 1. The van der Waals surface area contributed by atoms with Crippen molar-refractivity contribution in [2.24, 2.45) is 0 Å². The number of hydrogen-bond acceptors (Lipinski definition) is 4. The average molecular weight is 349 g/mol. The first-order valence-corrected chi connectivity index (χ1v) is 8.89. The molecule has 0 spiro atoms. The molecule has 2 aromatic carbocycles. The summed E-state index contributed by atoms with van der Waals surface area (Å²) in [5.41, 5.74) is 3.30. The Labute approximate surface area is 153 Å². The van der Waals surface area contributed by atoms with Crippen LogP contribution in [-0.2, 0) is 24.4 Å². The van der Waals surface area contributed by atoms with E-state index in [0.717, 1.165) is 48.0 Å². The monoisotopic (exact) mass is 349 g/mol. The lowest BCUT2D eigenvalue weighted by molar-refractivity contribution is 0.00276. The molecule has 2 heterocycles. The Morgan fingerprint density at radius 3 is 2.81 bits per heavy atom. The third-order valence-corrected chi connectivity index (χ3v) is 4.66. The molecule has 0 saturated heterocycles. The molecule has 1 aliphatic rings. The fourth-order valence-electron chi connectivity index (χ4n) is 3.28. The van der Waals surface area contributed by atoms with Crippen molar-refractivity contribution in [1.29, 1.82) is 0 Å². The molecule has 26 heavy (non-hydrogen) atoms. The maximum absolute atomic E-state index is 5.97. The number of nitrogens with zero attached hydrogens (tertiary/aromatic N) is 2. The maximum Gasteiger partial charge on any atom is 0.135 e. The van der Waals surface area contributed by atoms with Crippen LogP contribution in [0.2, 0.25) is 0 Å². The Balaban J connectivity index is 1.36. The van der Waals surface area contributed by atoms with E-state index in [1.54, 1.807) is 7.11 Å². The van der Waals surface area contributed by atoms with Gasteiger partial charge in [0.2, 0.25) is 0 Å². The minimum absolute atomic E-state index is 0.134. The van der Waals surface area contributed by atoms with E-state index >= 15 is 0 Å². The highest BCUT2D eigenvalue weighted by molar-refractivity contribution is 5.58. The van der Waals surface area contributed by atoms with Crippen LogP contribution in [0.5, 0.6) is 5.75 Å². The third-order valence-electron chi connectivity index (χ3n) is 4.66. The first kappa shape index (κ1) is 16.8. The highest BCUT2D eigenvalue weighted by Gasteiger charge is 2.21. The molecule has 4 rings (SSSR count). The maximum atomic E-state index is 5.97. The van der Waals surface area contributed by atoms with Crippen LogP contribution in [0.3, 0.4) is 0 Å². The van der Waals surface area contributed by atoms with Gasteiger partial charge in [0, 0.05) is 30.4 Å². The number of benzene rings is 2. The van der Waals surface area contributed by atoms with Crippen LogP contribution in [0.25, 0.3) is 11.3 Å². The summed E-state index contributed by atoms with van der Waals surface area (Å²) in [6.45, 7) is 2.91. The zero-order chi connectivity index (χ0) is 17.8. The third kappa shape index (κ3) is 3.64. The summed E-state index contributed by atoms with van der Waals surface area (Å²) in [6, 6.07) is 18.3. The Morgan fingerprint density at radius 1 is 1.15 bits per heavy atom. The molecule has 0 aliphatic carbocycles. The van der Waals surface area contributed by atoms with Crippen LogP contribution in [0.1, 0.15) is 11.4 Å². The zero-order valence-electron chi connectivity index (χ0n) is 14.9. The van der Waals surface area contributed by atoms with Gasteiger partial charge in [-0.3, -0.25) is 0 Å². The lowest BCUT2D eigenvalue weighted by Crippen LogP contribution is -2.36. The Morgan fingerprint density at radius 2 is 1.96 bits per heavy atom. The fourth-order valence-corrected chi connectivity index (χ4v) is 3.28. The van der Waals surface area contributed by atoms with Crippen molar-refractivity contribution in [3.05, 3.63) is 72.2 Å². The van der Waals surface area contributed by atoms with Crippen LogP contribution in [0.15, 0.2) is 60.8 Å². The molecule has 134 valence electrons. The summed E-state index contributed by atoms with van der Waals surface area (Å²) in [5, 5.41) is 3.48. The van der Waals surface area contributed by atoms with Gasteiger partial charge in [0.25, 0.3) is 0 Å². The lowest BCUT2D eigenvalue weighted by atomic mass is 10.2. The summed E-state index contributed by atoms with van der Waals surface area (Å²) in [7, 11) is 1.70. The molecule has 3 aromatic rings. The van der Waals surface area contributed by atoms with Crippen molar-refractivity contribution in [3.8, 4) is 17.0 Å². The molecule has 1 aromatic heterocycles.